The highest BCUT2D eigenvalue weighted by Gasteiger charge is 2.44. The number of rotatable bonds is 12. The van der Waals surface area contributed by atoms with Crippen molar-refractivity contribution in [2.75, 3.05) is 0 Å². The van der Waals surface area contributed by atoms with Crippen molar-refractivity contribution in [1.82, 2.24) is 0 Å². The van der Waals surface area contributed by atoms with Crippen LogP contribution in [0.3, 0.4) is 0 Å². The summed E-state index contributed by atoms with van der Waals surface area (Å²) < 4.78 is 13.3. The zero-order chi connectivity index (χ0) is 29.5. The summed E-state index contributed by atoms with van der Waals surface area (Å²) in [5.74, 6) is 0.946. The summed E-state index contributed by atoms with van der Waals surface area (Å²) in [4.78, 5) is 0. The van der Waals surface area contributed by atoms with Crippen molar-refractivity contribution in [2.45, 2.75) is 79.4 Å². The molecule has 40 heavy (non-hydrogen) atoms. The molecule has 4 heteroatoms. The molecule has 0 aliphatic carbocycles. The molecule has 0 fully saturated rings. The first kappa shape index (κ1) is 30.9. The van der Waals surface area contributed by atoms with Gasteiger partial charge < -0.3 is 19.7 Å². The molecule has 0 saturated heterocycles. The molecular formula is C36H46O4. The largest absolute Gasteiger partial charge is 0.504 e. The minimum Gasteiger partial charge on any atom is -0.504 e. The van der Waals surface area contributed by atoms with Crippen LogP contribution in [-0.4, -0.2) is 16.3 Å². The Hall–Kier alpha value is -3.66. The Balaban J connectivity index is 1.97. The van der Waals surface area contributed by atoms with Crippen molar-refractivity contribution < 1.29 is 19.7 Å². The van der Waals surface area contributed by atoms with E-state index in [0.29, 0.717) is 11.5 Å². The first-order chi connectivity index (χ1) is 18.9. The van der Waals surface area contributed by atoms with E-state index in [1.807, 2.05) is 30.4 Å². The van der Waals surface area contributed by atoms with E-state index < -0.39 is 17.6 Å². The van der Waals surface area contributed by atoms with Gasteiger partial charge in [0, 0.05) is 16.4 Å². The molecular weight excluding hydrogens is 496 g/mol. The molecule has 0 aromatic heterocycles. The second kappa shape index (κ2) is 13.1. The van der Waals surface area contributed by atoms with Gasteiger partial charge in [-0.3, -0.25) is 0 Å². The fraction of sp³-hybridized carbons (Fsp3) is 0.389. The Morgan fingerprint density at radius 1 is 0.825 bits per heavy atom. The van der Waals surface area contributed by atoms with Gasteiger partial charge in [-0.15, -0.1) is 13.2 Å². The van der Waals surface area contributed by atoms with Gasteiger partial charge in [0.05, 0.1) is 0 Å². The Bertz CT molecular complexity index is 1290. The highest BCUT2D eigenvalue weighted by atomic mass is 16.6. The smallest absolute Gasteiger partial charge is 0.162 e. The molecule has 0 saturated carbocycles. The molecule has 2 N–H and O–H groups in total. The van der Waals surface area contributed by atoms with Crippen LogP contribution >= 0.6 is 0 Å². The maximum absolute atomic E-state index is 10.3. The Morgan fingerprint density at radius 3 is 2.10 bits per heavy atom. The van der Waals surface area contributed by atoms with Crippen molar-refractivity contribution >= 4 is 6.08 Å². The van der Waals surface area contributed by atoms with Gasteiger partial charge in [-0.2, -0.15) is 0 Å². The molecule has 0 radical (unpaired) electrons. The van der Waals surface area contributed by atoms with Crippen LogP contribution in [0.5, 0.6) is 23.0 Å². The summed E-state index contributed by atoms with van der Waals surface area (Å²) in [6, 6.07) is 10.8. The summed E-state index contributed by atoms with van der Waals surface area (Å²) in [6.07, 6.45) is 15.5. The highest BCUT2D eigenvalue weighted by molar-refractivity contribution is 5.57. The van der Waals surface area contributed by atoms with Crippen LogP contribution in [0.2, 0.25) is 0 Å². The lowest BCUT2D eigenvalue weighted by Gasteiger charge is -2.43. The number of fused-ring (bicyclic) bond motifs is 1. The Labute approximate surface area is 241 Å². The lowest BCUT2D eigenvalue weighted by atomic mass is 9.75. The van der Waals surface area contributed by atoms with Gasteiger partial charge in [-0.05, 0) is 83.2 Å². The molecule has 0 bridgehead atoms. The van der Waals surface area contributed by atoms with Gasteiger partial charge >= 0.3 is 0 Å². The maximum atomic E-state index is 10.3. The monoisotopic (exact) mass is 542 g/mol. The van der Waals surface area contributed by atoms with Crippen LogP contribution in [0.1, 0.15) is 84.5 Å². The van der Waals surface area contributed by atoms with Crippen molar-refractivity contribution in [2.24, 2.45) is 10.8 Å². The standard InChI is InChI=1S/C36H46O4/c1-9-35(7,20-11-13-25(3)4)22-19-27-15-18-31-32(23-27)39-33(28-16-17-29(37)30(38)24-28)34(40-31)36(8,10-2)21-12-14-26(5)6/h9-10,13-19,22-24,33-34,37-38H,1-2,11-12,20-21H2,3-8H3/b22-19+/t33-,34+,35+,36+/m0/s1. The van der Waals surface area contributed by atoms with E-state index in [0.717, 1.165) is 36.8 Å². The molecule has 4 atom stereocenters. The van der Waals surface area contributed by atoms with Gasteiger partial charge in [0.1, 0.15) is 6.10 Å². The average molecular weight is 543 g/mol. The van der Waals surface area contributed by atoms with Gasteiger partial charge in [-0.25, -0.2) is 0 Å². The molecule has 1 aliphatic heterocycles. The molecule has 0 spiro atoms. The van der Waals surface area contributed by atoms with E-state index in [-0.39, 0.29) is 16.9 Å². The van der Waals surface area contributed by atoms with Crippen LogP contribution in [0.25, 0.3) is 6.08 Å². The molecule has 4 nitrogen and oxygen atoms in total. The number of hydrogen-bond acceptors (Lipinski definition) is 4. The summed E-state index contributed by atoms with van der Waals surface area (Å²) in [6.45, 7) is 21.0. The molecule has 0 amide bonds. The van der Waals surface area contributed by atoms with E-state index in [9.17, 15) is 10.2 Å². The topological polar surface area (TPSA) is 58.9 Å². The van der Waals surface area contributed by atoms with Crippen LogP contribution in [-0.2, 0) is 0 Å². The zero-order valence-electron chi connectivity index (χ0n) is 25.0. The molecule has 2 aromatic carbocycles. The zero-order valence-corrected chi connectivity index (χ0v) is 25.0. The van der Waals surface area contributed by atoms with Crippen molar-refractivity contribution in [1.29, 1.82) is 0 Å². The third-order valence-electron chi connectivity index (χ3n) is 7.79. The second-order valence-corrected chi connectivity index (χ2v) is 11.9. The number of ether oxygens (including phenoxy) is 2. The minimum atomic E-state index is -0.518. The molecule has 0 unspecified atom stereocenters. The van der Waals surface area contributed by atoms with E-state index >= 15 is 0 Å². The van der Waals surface area contributed by atoms with Crippen LogP contribution in [0.4, 0.5) is 0 Å². The Morgan fingerprint density at radius 2 is 1.50 bits per heavy atom. The molecule has 214 valence electrons. The van der Waals surface area contributed by atoms with Crippen LogP contribution < -0.4 is 9.47 Å². The predicted octanol–water partition coefficient (Wildman–Crippen LogP) is 9.87. The van der Waals surface area contributed by atoms with Gasteiger partial charge in [0.15, 0.2) is 29.1 Å². The lowest BCUT2D eigenvalue weighted by molar-refractivity contribution is -0.0392. The number of aromatic hydroxyl groups is 2. The summed E-state index contributed by atoms with van der Waals surface area (Å²) in [5.41, 5.74) is 3.76. The molecule has 2 aromatic rings. The number of benzene rings is 2. The van der Waals surface area contributed by atoms with E-state index in [1.54, 1.807) is 12.1 Å². The second-order valence-electron chi connectivity index (χ2n) is 11.9. The fourth-order valence-corrected chi connectivity index (χ4v) is 4.90. The normalized spacial score (nSPS) is 19.2. The Kier molecular flexibility index (Phi) is 10.1. The van der Waals surface area contributed by atoms with Crippen molar-refractivity contribution in [3.63, 3.8) is 0 Å². The average Bonchev–Trinajstić information content (AvgIpc) is 2.92. The van der Waals surface area contributed by atoms with Gasteiger partial charge in [0.2, 0.25) is 0 Å². The summed E-state index contributed by atoms with van der Waals surface area (Å²) in [5, 5.41) is 20.2. The minimum absolute atomic E-state index is 0.131. The number of allylic oxidation sites excluding steroid dienone is 6. The molecule has 1 heterocycles. The van der Waals surface area contributed by atoms with E-state index in [1.165, 1.54) is 17.2 Å². The maximum Gasteiger partial charge on any atom is 0.162 e. The number of phenolic OH excluding ortho intramolecular Hbond substituents is 2. The number of phenols is 2. The third kappa shape index (κ3) is 7.71. The number of hydrogen-bond donors (Lipinski definition) is 2. The van der Waals surface area contributed by atoms with Crippen molar-refractivity contribution in [3.05, 3.63) is 102 Å². The van der Waals surface area contributed by atoms with Gasteiger partial charge in [0.25, 0.3) is 0 Å². The SMILES string of the molecule is C=C[C@@](C)(/C=C/c1ccc2c(c1)O[C@@H](c1ccc(O)c(O)c1)[C@H]([C@](C)(C=C)CCC=C(C)C)O2)CCC=C(C)C. The molecule has 3 rings (SSSR count). The summed E-state index contributed by atoms with van der Waals surface area (Å²) in [7, 11) is 0. The predicted molar refractivity (Wildman–Crippen MR) is 167 cm³/mol. The highest BCUT2D eigenvalue weighted by Crippen LogP contribution is 2.48. The van der Waals surface area contributed by atoms with Crippen LogP contribution in [0, 0.1) is 10.8 Å². The third-order valence-corrected chi connectivity index (χ3v) is 7.79. The van der Waals surface area contributed by atoms with E-state index in [4.69, 9.17) is 9.47 Å². The summed E-state index contributed by atoms with van der Waals surface area (Å²) >= 11 is 0. The van der Waals surface area contributed by atoms with Crippen LogP contribution in [0.15, 0.2) is 91.1 Å². The van der Waals surface area contributed by atoms with Gasteiger partial charge in [-0.1, -0.05) is 73.6 Å². The first-order valence-electron chi connectivity index (χ1n) is 14.1. The molecule has 1 aliphatic rings. The fourth-order valence-electron chi connectivity index (χ4n) is 4.90. The first-order valence-corrected chi connectivity index (χ1v) is 14.1. The lowest BCUT2D eigenvalue weighted by Crippen LogP contribution is -2.44. The van der Waals surface area contributed by atoms with E-state index in [2.05, 4.69) is 79.0 Å². The van der Waals surface area contributed by atoms with Crippen molar-refractivity contribution in [3.8, 4) is 23.0 Å². The quantitative estimate of drug-likeness (QED) is 0.207.